The molecule has 24 heteroatoms. The molecule has 4 rings (SSSR count). The first kappa shape index (κ1) is 136. The van der Waals surface area contributed by atoms with Crippen LogP contribution in [-0.2, 0) is 0 Å². The van der Waals surface area contributed by atoms with Crippen molar-refractivity contribution in [2.24, 2.45) is 0 Å². The first-order valence-corrected chi connectivity index (χ1v) is 59.5. The van der Waals surface area contributed by atoms with E-state index in [9.17, 15) is 0 Å². The van der Waals surface area contributed by atoms with Crippen LogP contribution in [0.3, 0.4) is 0 Å². The summed E-state index contributed by atoms with van der Waals surface area (Å²) >= 11 is 0. The van der Waals surface area contributed by atoms with Crippen LogP contribution in [0.2, 0.25) is 0 Å². The van der Waals surface area contributed by atoms with Crippen LogP contribution in [0.25, 0.3) is 0 Å². The van der Waals surface area contributed by atoms with Crippen LogP contribution in [0.4, 0.5) is 0 Å². The van der Waals surface area contributed by atoms with Crippen LogP contribution in [0.1, 0.15) is 249 Å². The number of ether oxygens (including phenoxy) is 12. The maximum absolute atomic E-state index is 6.48. The second-order valence-electron chi connectivity index (χ2n) is 40.7. The highest BCUT2D eigenvalue weighted by Crippen LogP contribution is 2.42. The standard InChI is InChI=1S/4C30H60N3O3/c4*1-10-31(11-2,12-3)22-25-34-28-20-19-21-29(35-26-23-32(13-4,14-5)15-6)30(28)36-27-24-33(16-7,17-8)18-9/h4*19-21H,10-18,22-27H2,1-9H3/q4*+3. The molecular weight excluding hydrogens is 1800 g/mol. The molecule has 4 aromatic rings. The lowest BCUT2D eigenvalue weighted by atomic mass is 10.3. The Morgan fingerprint density at radius 3 is 0.250 bits per heavy atom. The Labute approximate surface area is 890 Å². The van der Waals surface area contributed by atoms with Gasteiger partial charge in [-0.05, 0) is 298 Å². The molecule has 0 aromatic heterocycles. The van der Waals surface area contributed by atoms with Crippen molar-refractivity contribution >= 4 is 0 Å². The number of likely N-dealkylation sites (N-methyl/N-ethyl adjacent to an activating group) is 12. The van der Waals surface area contributed by atoms with Crippen molar-refractivity contribution in [3.05, 3.63) is 72.8 Å². The molecular formula is C120H240N12O12+12. The quantitative estimate of drug-likeness (QED) is 0.0393. The zero-order valence-corrected chi connectivity index (χ0v) is 102. The highest BCUT2D eigenvalue weighted by Gasteiger charge is 2.34. The van der Waals surface area contributed by atoms with E-state index in [-0.39, 0.29) is 0 Å². The number of hydrogen-bond acceptors (Lipinski definition) is 12. The first-order chi connectivity index (χ1) is 69.3. The number of quaternary nitrogens is 12. The molecule has 0 unspecified atom stereocenters. The molecule has 0 N–H and O–H groups in total. The van der Waals surface area contributed by atoms with E-state index in [0.717, 1.165) is 437 Å². The number of hydrogen-bond donors (Lipinski definition) is 0. The second kappa shape index (κ2) is 73.2. The topological polar surface area (TPSA) is 111 Å². The maximum atomic E-state index is 6.48. The van der Waals surface area contributed by atoms with E-state index in [0.29, 0.717) is 79.3 Å². The van der Waals surface area contributed by atoms with Crippen molar-refractivity contribution in [3.63, 3.8) is 0 Å². The number of rotatable bonds is 84. The largest absolute Gasteiger partial charge is 0.484 e. The van der Waals surface area contributed by atoms with E-state index in [2.05, 4.69) is 249 Å². The summed E-state index contributed by atoms with van der Waals surface area (Å²) in [6, 6.07) is 24.4. The predicted octanol–water partition coefficient (Wildman–Crippen LogP) is 21.8. The average molecular weight is 2040 g/mol. The third-order valence-corrected chi connectivity index (χ3v) is 37.8. The third-order valence-electron chi connectivity index (χ3n) is 37.8. The minimum absolute atomic E-state index is 0.657. The molecule has 0 aliphatic rings. The van der Waals surface area contributed by atoms with Crippen LogP contribution in [0.5, 0.6) is 69.0 Å². The summed E-state index contributed by atoms with van der Waals surface area (Å²) in [5, 5.41) is 0. The highest BCUT2D eigenvalue weighted by atomic mass is 16.6. The summed E-state index contributed by atoms with van der Waals surface area (Å²) < 4.78 is 89.8. The van der Waals surface area contributed by atoms with E-state index < -0.39 is 0 Å². The molecule has 0 aliphatic carbocycles. The van der Waals surface area contributed by atoms with Gasteiger partial charge in [0, 0.05) is 0 Å². The van der Waals surface area contributed by atoms with Crippen molar-refractivity contribution in [3.8, 4) is 69.0 Å². The lowest BCUT2D eigenvalue weighted by Crippen LogP contribution is -2.50. The summed E-state index contributed by atoms with van der Waals surface area (Å²) in [6.07, 6.45) is 0. The van der Waals surface area contributed by atoms with Crippen molar-refractivity contribution < 1.29 is 111 Å². The van der Waals surface area contributed by atoms with Crippen molar-refractivity contribution in [2.45, 2.75) is 249 Å². The van der Waals surface area contributed by atoms with E-state index in [1.807, 2.05) is 72.8 Å². The Kier molecular flexibility index (Phi) is 69.2. The minimum atomic E-state index is 0.657. The predicted molar refractivity (Wildman–Crippen MR) is 613 cm³/mol. The molecule has 0 amide bonds. The summed E-state index contributed by atoms with van der Waals surface area (Å²) in [6.45, 7) is 142. The maximum Gasteiger partial charge on any atom is 0.203 e. The Morgan fingerprint density at radius 2 is 0.181 bits per heavy atom. The number of para-hydroxylation sites is 4. The Bertz CT molecular complexity index is 3060. The van der Waals surface area contributed by atoms with Gasteiger partial charge in [-0.25, -0.2) is 0 Å². The Morgan fingerprint density at radius 1 is 0.111 bits per heavy atom. The monoisotopic (exact) mass is 2040 g/mol. The Balaban J connectivity index is 0.000000960. The van der Waals surface area contributed by atoms with Gasteiger partial charge in [-0.3, -0.25) is 0 Å². The van der Waals surface area contributed by atoms with Gasteiger partial charge in [-0.1, -0.05) is 24.3 Å². The molecule has 0 atom stereocenters. The van der Waals surface area contributed by atoms with Gasteiger partial charge in [0.1, 0.15) is 158 Å². The molecule has 0 aliphatic heterocycles. The highest BCUT2D eigenvalue weighted by molar-refractivity contribution is 5.54. The molecule has 0 saturated heterocycles. The van der Waals surface area contributed by atoms with Crippen LogP contribution in [0.15, 0.2) is 72.8 Å². The molecule has 0 spiro atoms. The fourth-order valence-corrected chi connectivity index (χ4v) is 21.4. The molecule has 840 valence electrons. The zero-order chi connectivity index (χ0) is 108. The second-order valence-corrected chi connectivity index (χ2v) is 40.7. The molecule has 0 fully saturated rings. The Hall–Kier alpha value is -6.00. The number of nitrogens with zero attached hydrogens (tertiary/aromatic N) is 12. The van der Waals surface area contributed by atoms with Crippen LogP contribution in [0, 0.1) is 0 Å². The SMILES string of the molecule is CC[N+](CC)(CC)CCOc1cccc(OCC[N+](CC)(CC)CC)c1OCC[N+](CC)(CC)CC.CC[N+](CC)(CC)CCOc1cccc(OCC[N+](CC)(CC)CC)c1OCC[N+](CC)(CC)CC.CC[N+](CC)(CC)CCOc1cccc(OCC[N+](CC)(CC)CC)c1OCC[N+](CC)(CC)CC.CC[N+](CC)(CC)CCOc1cccc(OCC[N+](CC)(CC)CC)c1OCC[N+](CC)(CC)CC. The zero-order valence-electron chi connectivity index (χ0n) is 102. The number of benzene rings is 4. The molecule has 144 heavy (non-hydrogen) atoms. The lowest BCUT2D eigenvalue weighted by molar-refractivity contribution is -0.923. The van der Waals surface area contributed by atoms with Crippen LogP contribution in [-0.4, -0.2) is 447 Å². The van der Waals surface area contributed by atoms with Gasteiger partial charge in [0.2, 0.25) is 23.0 Å². The van der Waals surface area contributed by atoms with Gasteiger partial charge in [0.05, 0.1) is 236 Å². The smallest absolute Gasteiger partial charge is 0.203 e. The summed E-state index contributed by atoms with van der Waals surface area (Å²) in [5.74, 6) is 9.51. The fraction of sp³-hybridized carbons (Fsp3) is 0.800. The first-order valence-electron chi connectivity index (χ1n) is 59.5. The molecule has 0 saturated carbocycles. The van der Waals surface area contributed by atoms with Gasteiger partial charge in [-0.2, -0.15) is 0 Å². The van der Waals surface area contributed by atoms with E-state index in [1.165, 1.54) is 0 Å². The van der Waals surface area contributed by atoms with E-state index in [4.69, 9.17) is 56.8 Å². The van der Waals surface area contributed by atoms with Crippen molar-refractivity contribution in [2.75, 3.05) is 393 Å². The van der Waals surface area contributed by atoms with Gasteiger partial charge in [-0.15, -0.1) is 0 Å². The molecule has 24 nitrogen and oxygen atoms in total. The molecule has 0 radical (unpaired) electrons. The van der Waals surface area contributed by atoms with Gasteiger partial charge >= 0.3 is 0 Å². The van der Waals surface area contributed by atoms with Crippen molar-refractivity contribution in [1.29, 1.82) is 0 Å². The average Bonchev–Trinajstić information content (AvgIpc) is 0.838. The van der Waals surface area contributed by atoms with E-state index in [1.54, 1.807) is 0 Å². The van der Waals surface area contributed by atoms with Gasteiger partial charge in [0.25, 0.3) is 0 Å². The third kappa shape index (κ3) is 42.3. The summed E-state index contributed by atoms with van der Waals surface area (Å²) in [4.78, 5) is 0. The minimum Gasteiger partial charge on any atom is -0.484 e. The normalized spacial score (nSPS) is 12.6. The molecule has 0 bridgehead atoms. The molecule has 4 aromatic carbocycles. The summed E-state index contributed by atoms with van der Waals surface area (Å²) in [5.41, 5.74) is 0. The van der Waals surface area contributed by atoms with Crippen LogP contribution < -0.4 is 56.8 Å². The molecule has 0 heterocycles. The van der Waals surface area contributed by atoms with Gasteiger partial charge < -0.3 is 111 Å². The van der Waals surface area contributed by atoms with Crippen molar-refractivity contribution in [1.82, 2.24) is 0 Å². The fourth-order valence-electron chi connectivity index (χ4n) is 21.4. The lowest BCUT2D eigenvalue weighted by Gasteiger charge is -2.36. The van der Waals surface area contributed by atoms with Gasteiger partial charge in [0.15, 0.2) is 46.0 Å². The van der Waals surface area contributed by atoms with E-state index >= 15 is 0 Å². The van der Waals surface area contributed by atoms with Crippen LogP contribution >= 0.6 is 0 Å². The summed E-state index contributed by atoms with van der Waals surface area (Å²) in [7, 11) is 0.